The maximum atomic E-state index is 12.1. The fraction of sp³-hybridized carbons (Fsp3) is 0.818. The lowest BCUT2D eigenvalue weighted by Gasteiger charge is -2.27. The van der Waals surface area contributed by atoms with E-state index in [2.05, 4.69) is 5.32 Å². The van der Waals surface area contributed by atoms with Crippen LogP contribution in [0.2, 0.25) is 0 Å². The lowest BCUT2D eigenvalue weighted by Crippen LogP contribution is -2.44. The molecule has 0 unspecified atom stereocenters. The Morgan fingerprint density at radius 3 is 2.53 bits per heavy atom. The number of carboxylic acid groups (broad SMARTS) is 1. The monoisotopic (exact) mass is 244 g/mol. The molecule has 0 bridgehead atoms. The molecular weight excluding hydrogens is 224 g/mol. The van der Waals surface area contributed by atoms with Crippen LogP contribution in [0.3, 0.4) is 0 Å². The van der Waals surface area contributed by atoms with Crippen LogP contribution in [-0.4, -0.2) is 46.7 Å². The Labute approximate surface area is 100 Å². The van der Waals surface area contributed by atoms with Crippen LogP contribution in [0.5, 0.6) is 0 Å². The van der Waals surface area contributed by atoms with Crippen LogP contribution >= 0.6 is 0 Å². The topological polar surface area (TPSA) is 113 Å². The normalized spacial score (nSPS) is 26.8. The number of hydrogen-bond donors (Lipinski definition) is 4. The molecule has 5 N–H and O–H groups in total. The van der Waals surface area contributed by atoms with Crippen LogP contribution in [0.1, 0.15) is 26.7 Å². The van der Waals surface area contributed by atoms with Crippen molar-refractivity contribution in [3.8, 4) is 0 Å². The van der Waals surface area contributed by atoms with Gasteiger partial charge < -0.3 is 21.3 Å². The molecule has 0 aromatic heterocycles. The van der Waals surface area contributed by atoms with Gasteiger partial charge in [-0.25, -0.2) is 0 Å². The minimum Gasteiger partial charge on any atom is -0.480 e. The second kappa shape index (κ2) is 5.12. The Morgan fingerprint density at radius 1 is 1.53 bits per heavy atom. The van der Waals surface area contributed by atoms with Gasteiger partial charge in [0.2, 0.25) is 0 Å². The van der Waals surface area contributed by atoms with Crippen molar-refractivity contribution >= 4 is 11.8 Å². The molecule has 0 aromatic rings. The summed E-state index contributed by atoms with van der Waals surface area (Å²) in [6, 6.07) is -1.44. The first kappa shape index (κ1) is 14.1. The van der Waals surface area contributed by atoms with E-state index in [1.165, 1.54) is 0 Å². The fourth-order valence-electron chi connectivity index (χ4n) is 2.13. The largest absolute Gasteiger partial charge is 0.480 e. The van der Waals surface area contributed by atoms with E-state index in [4.69, 9.17) is 10.8 Å². The maximum absolute atomic E-state index is 12.1. The molecule has 1 fully saturated rings. The molecule has 3 atom stereocenters. The third kappa shape index (κ3) is 3.49. The summed E-state index contributed by atoms with van der Waals surface area (Å²) in [6.07, 6.45) is -0.0343. The molecule has 1 aliphatic heterocycles. The first-order chi connectivity index (χ1) is 7.74. The molecule has 6 heteroatoms. The molecule has 0 aliphatic carbocycles. The van der Waals surface area contributed by atoms with Gasteiger partial charge in [-0.2, -0.15) is 0 Å². The summed E-state index contributed by atoms with van der Waals surface area (Å²) >= 11 is 0. The van der Waals surface area contributed by atoms with Gasteiger partial charge in [0.1, 0.15) is 6.04 Å². The van der Waals surface area contributed by atoms with Crippen molar-refractivity contribution in [2.75, 3.05) is 6.54 Å². The number of nitrogens with one attached hydrogen (secondary N) is 1. The second-order valence-corrected chi connectivity index (χ2v) is 5.25. The average molecular weight is 244 g/mol. The number of rotatable bonds is 5. The Bertz CT molecular complexity index is 317. The number of β-amino-alcohol motifs (C(OH)–C–C–N with tert-alkyl or cyclic N) is 1. The molecule has 0 aromatic carbocycles. The van der Waals surface area contributed by atoms with Gasteiger partial charge in [0.15, 0.2) is 5.78 Å². The summed E-state index contributed by atoms with van der Waals surface area (Å²) in [7, 11) is 0. The number of aliphatic carboxylic acids is 1. The van der Waals surface area contributed by atoms with Crippen molar-refractivity contribution in [2.45, 2.75) is 44.9 Å². The molecule has 98 valence electrons. The van der Waals surface area contributed by atoms with Gasteiger partial charge in [0, 0.05) is 12.0 Å². The summed E-state index contributed by atoms with van der Waals surface area (Å²) in [5.74, 6) is -1.20. The third-order valence-electron chi connectivity index (χ3n) is 3.14. The first-order valence-corrected chi connectivity index (χ1v) is 5.68. The van der Waals surface area contributed by atoms with Crippen LogP contribution in [0.15, 0.2) is 0 Å². The van der Waals surface area contributed by atoms with E-state index in [0.29, 0.717) is 13.0 Å². The van der Waals surface area contributed by atoms with Gasteiger partial charge in [0.05, 0.1) is 12.1 Å². The molecular formula is C11H20N2O4. The zero-order valence-electron chi connectivity index (χ0n) is 10.1. The molecule has 0 amide bonds. The summed E-state index contributed by atoms with van der Waals surface area (Å²) in [6.45, 7) is 3.77. The van der Waals surface area contributed by atoms with E-state index in [0.717, 1.165) is 0 Å². The smallest absolute Gasteiger partial charge is 0.320 e. The Morgan fingerprint density at radius 2 is 2.12 bits per heavy atom. The van der Waals surface area contributed by atoms with Crippen LogP contribution in [-0.2, 0) is 9.59 Å². The number of Topliss-reactive ketones (excluding diaryl/α,β-unsaturated/α-hetero) is 1. The van der Waals surface area contributed by atoms with Crippen molar-refractivity contribution in [1.29, 1.82) is 0 Å². The third-order valence-corrected chi connectivity index (χ3v) is 3.14. The highest BCUT2D eigenvalue weighted by molar-refractivity contribution is 5.90. The van der Waals surface area contributed by atoms with Crippen molar-refractivity contribution in [3.05, 3.63) is 0 Å². The van der Waals surface area contributed by atoms with Crippen LogP contribution in [0.25, 0.3) is 0 Å². The summed E-state index contributed by atoms with van der Waals surface area (Å²) in [5, 5.41) is 21.0. The number of nitrogens with two attached hydrogens (primary N) is 1. The molecule has 0 saturated carbocycles. The highest BCUT2D eigenvalue weighted by atomic mass is 16.4. The minimum atomic E-state index is -1.11. The van der Waals surface area contributed by atoms with Crippen molar-refractivity contribution < 1.29 is 19.8 Å². The van der Waals surface area contributed by atoms with Gasteiger partial charge >= 0.3 is 5.97 Å². The summed E-state index contributed by atoms with van der Waals surface area (Å²) < 4.78 is 0. The van der Waals surface area contributed by atoms with Crippen molar-refractivity contribution in [2.24, 2.45) is 11.1 Å². The van der Waals surface area contributed by atoms with E-state index >= 15 is 0 Å². The lowest BCUT2D eigenvalue weighted by atomic mass is 9.78. The summed E-state index contributed by atoms with van der Waals surface area (Å²) in [4.78, 5) is 22.8. The highest BCUT2D eigenvalue weighted by Crippen LogP contribution is 2.27. The van der Waals surface area contributed by atoms with Gasteiger partial charge in [-0.15, -0.1) is 0 Å². The standard InChI is InChI=1S/C11H20N2O4/c1-11(2,4-7(12)10(16)17)9(15)8-3-6(14)5-13-8/h6-8,13-14H,3-5,12H2,1-2H3,(H,16,17)/t6-,7+,8+/m1/s1. The SMILES string of the molecule is CC(C)(C[C@H](N)C(=O)O)C(=O)[C@@H]1C[C@@H](O)CN1. The summed E-state index contributed by atoms with van der Waals surface area (Å²) in [5.41, 5.74) is 4.64. The number of carboxylic acids is 1. The van der Waals surface area contributed by atoms with E-state index in [9.17, 15) is 14.7 Å². The van der Waals surface area contributed by atoms with Crippen LogP contribution in [0.4, 0.5) is 0 Å². The lowest BCUT2D eigenvalue weighted by molar-refractivity contribution is -0.140. The van der Waals surface area contributed by atoms with E-state index in [1.807, 2.05) is 0 Å². The van der Waals surface area contributed by atoms with Crippen LogP contribution in [0, 0.1) is 5.41 Å². The highest BCUT2D eigenvalue weighted by Gasteiger charge is 2.39. The number of carbonyl (C=O) groups is 2. The van der Waals surface area contributed by atoms with E-state index in [1.54, 1.807) is 13.8 Å². The van der Waals surface area contributed by atoms with Crippen molar-refractivity contribution in [1.82, 2.24) is 5.32 Å². The number of carbonyl (C=O) groups excluding carboxylic acids is 1. The second-order valence-electron chi connectivity index (χ2n) is 5.25. The zero-order valence-corrected chi connectivity index (χ0v) is 10.1. The van der Waals surface area contributed by atoms with Gasteiger partial charge in [0.25, 0.3) is 0 Å². The Kier molecular flexibility index (Phi) is 4.24. The maximum Gasteiger partial charge on any atom is 0.320 e. The number of hydrogen-bond acceptors (Lipinski definition) is 5. The van der Waals surface area contributed by atoms with E-state index in [-0.39, 0.29) is 12.2 Å². The molecule has 1 aliphatic rings. The first-order valence-electron chi connectivity index (χ1n) is 5.68. The van der Waals surface area contributed by atoms with Crippen LogP contribution < -0.4 is 11.1 Å². The number of aliphatic hydroxyl groups excluding tert-OH is 1. The molecule has 0 spiro atoms. The Balaban J connectivity index is 2.63. The minimum absolute atomic E-state index is 0.0919. The van der Waals surface area contributed by atoms with Crippen molar-refractivity contribution in [3.63, 3.8) is 0 Å². The quantitative estimate of drug-likeness (QED) is 0.499. The average Bonchev–Trinajstić information content (AvgIpc) is 2.62. The van der Waals surface area contributed by atoms with Gasteiger partial charge in [-0.3, -0.25) is 9.59 Å². The van der Waals surface area contributed by atoms with Gasteiger partial charge in [-0.1, -0.05) is 13.8 Å². The fourth-order valence-corrected chi connectivity index (χ4v) is 2.13. The molecule has 1 rings (SSSR count). The van der Waals surface area contributed by atoms with Gasteiger partial charge in [-0.05, 0) is 12.8 Å². The predicted molar refractivity (Wildman–Crippen MR) is 61.4 cm³/mol. The zero-order chi connectivity index (χ0) is 13.2. The number of ketones is 1. The molecule has 6 nitrogen and oxygen atoms in total. The molecule has 17 heavy (non-hydrogen) atoms. The predicted octanol–water partition coefficient (Wildman–Crippen LogP) is -0.893. The molecule has 1 heterocycles. The molecule has 0 radical (unpaired) electrons. The Hall–Kier alpha value is -0.980. The number of aliphatic hydroxyl groups is 1. The van der Waals surface area contributed by atoms with E-state index < -0.39 is 29.6 Å². The molecule has 1 saturated heterocycles.